The van der Waals surface area contributed by atoms with Crippen LogP contribution < -0.4 is 19.5 Å². The van der Waals surface area contributed by atoms with Gasteiger partial charge in [0.2, 0.25) is 10.0 Å². The number of rotatable bonds is 7. The second-order valence-electron chi connectivity index (χ2n) is 6.98. The Labute approximate surface area is 164 Å². The zero-order valence-corrected chi connectivity index (χ0v) is 16.1. The van der Waals surface area contributed by atoms with Crippen LogP contribution in [0.15, 0.2) is 47.4 Å². The van der Waals surface area contributed by atoms with E-state index in [4.69, 9.17) is 9.47 Å². The third kappa shape index (κ3) is 4.45. The summed E-state index contributed by atoms with van der Waals surface area (Å²) in [6.07, 6.45) is 2.12. The van der Waals surface area contributed by atoms with Crippen LogP contribution in [-0.4, -0.2) is 34.1 Å². The van der Waals surface area contributed by atoms with Crippen molar-refractivity contribution in [1.82, 2.24) is 10.0 Å². The summed E-state index contributed by atoms with van der Waals surface area (Å²) in [4.78, 5) is 12.6. The van der Waals surface area contributed by atoms with Gasteiger partial charge in [-0.15, -0.1) is 0 Å². The number of amides is 1. The van der Waals surface area contributed by atoms with Crippen LogP contribution >= 0.6 is 0 Å². The molecule has 2 aromatic carbocycles. The van der Waals surface area contributed by atoms with E-state index in [9.17, 15) is 13.2 Å². The van der Waals surface area contributed by atoms with E-state index in [1.807, 2.05) is 18.2 Å². The van der Waals surface area contributed by atoms with E-state index in [1.54, 1.807) is 12.1 Å². The Bertz CT molecular complexity index is 986. The van der Waals surface area contributed by atoms with E-state index in [2.05, 4.69) is 10.0 Å². The Balaban J connectivity index is 1.40. The maximum atomic E-state index is 12.5. The third-order valence-corrected chi connectivity index (χ3v) is 6.15. The second kappa shape index (κ2) is 7.81. The minimum Gasteiger partial charge on any atom is -0.486 e. The molecule has 2 aromatic rings. The van der Waals surface area contributed by atoms with Crippen molar-refractivity contribution in [3.8, 4) is 11.5 Å². The van der Waals surface area contributed by atoms with Crippen molar-refractivity contribution in [2.24, 2.45) is 5.92 Å². The van der Waals surface area contributed by atoms with E-state index in [0.717, 1.165) is 18.4 Å². The lowest BCUT2D eigenvalue weighted by molar-refractivity contribution is 0.0950. The normalized spacial score (nSPS) is 15.9. The molecule has 1 fully saturated rings. The summed E-state index contributed by atoms with van der Waals surface area (Å²) in [6.45, 7) is 1.77. The van der Waals surface area contributed by atoms with Crippen molar-refractivity contribution in [2.75, 3.05) is 19.8 Å². The molecule has 2 N–H and O–H groups in total. The van der Waals surface area contributed by atoms with Gasteiger partial charge >= 0.3 is 0 Å². The first-order chi connectivity index (χ1) is 13.5. The Hall–Kier alpha value is -2.58. The van der Waals surface area contributed by atoms with Crippen molar-refractivity contribution >= 4 is 15.9 Å². The molecule has 0 aromatic heterocycles. The molecular formula is C20H22N2O5S. The fraction of sp³-hybridized carbons (Fsp3) is 0.350. The van der Waals surface area contributed by atoms with Crippen LogP contribution in [0.5, 0.6) is 11.5 Å². The van der Waals surface area contributed by atoms with Crippen LogP contribution in [0, 0.1) is 5.92 Å². The Kier molecular flexibility index (Phi) is 5.23. The lowest BCUT2D eigenvalue weighted by atomic mass is 10.1. The van der Waals surface area contributed by atoms with Gasteiger partial charge in [-0.3, -0.25) is 4.79 Å². The van der Waals surface area contributed by atoms with E-state index in [0.29, 0.717) is 49.3 Å². The summed E-state index contributed by atoms with van der Waals surface area (Å²) < 4.78 is 38.4. The van der Waals surface area contributed by atoms with Crippen molar-refractivity contribution in [2.45, 2.75) is 24.3 Å². The van der Waals surface area contributed by atoms with Crippen LogP contribution in [0.2, 0.25) is 0 Å². The van der Waals surface area contributed by atoms with Crippen molar-refractivity contribution in [1.29, 1.82) is 0 Å². The predicted molar refractivity (Wildman–Crippen MR) is 103 cm³/mol. The van der Waals surface area contributed by atoms with Gasteiger partial charge in [0.05, 0.1) is 4.90 Å². The number of ether oxygens (including phenoxy) is 2. The first kappa shape index (κ1) is 18.8. The number of nitrogens with one attached hydrogen (secondary N) is 2. The zero-order chi connectivity index (χ0) is 19.6. The van der Waals surface area contributed by atoms with Crippen LogP contribution in [0.3, 0.4) is 0 Å². The molecule has 1 saturated carbocycles. The molecule has 28 heavy (non-hydrogen) atoms. The average Bonchev–Trinajstić information content (AvgIpc) is 3.55. The molecule has 0 atom stereocenters. The Morgan fingerprint density at radius 2 is 1.82 bits per heavy atom. The van der Waals surface area contributed by atoms with Gasteiger partial charge in [0, 0.05) is 18.7 Å². The van der Waals surface area contributed by atoms with E-state index in [-0.39, 0.29) is 10.8 Å². The van der Waals surface area contributed by atoms with E-state index >= 15 is 0 Å². The molecule has 1 amide bonds. The summed E-state index contributed by atoms with van der Waals surface area (Å²) in [5.74, 6) is 1.45. The molecule has 0 radical (unpaired) electrons. The number of hydrogen-bond donors (Lipinski definition) is 2. The smallest absolute Gasteiger partial charge is 0.251 e. The molecule has 0 bridgehead atoms. The maximum Gasteiger partial charge on any atom is 0.251 e. The fourth-order valence-corrected chi connectivity index (χ4v) is 4.08. The molecule has 8 heteroatoms. The first-order valence-electron chi connectivity index (χ1n) is 9.28. The minimum absolute atomic E-state index is 0.0973. The van der Waals surface area contributed by atoms with E-state index < -0.39 is 10.0 Å². The molecule has 0 spiro atoms. The monoisotopic (exact) mass is 402 g/mol. The fourth-order valence-electron chi connectivity index (χ4n) is 2.92. The largest absolute Gasteiger partial charge is 0.486 e. The molecule has 0 saturated heterocycles. The maximum absolute atomic E-state index is 12.5. The molecule has 1 heterocycles. The highest BCUT2D eigenvalue weighted by molar-refractivity contribution is 7.89. The standard InChI is InChI=1S/C20H22N2O5S/c23-20(21-12-15-6-7-18-19(10-15)27-9-8-26-18)16-2-1-3-17(11-16)28(24,25)22-13-14-4-5-14/h1-3,6-7,10-11,14,22H,4-5,8-9,12-13H2,(H,21,23). The number of benzene rings is 2. The second-order valence-corrected chi connectivity index (χ2v) is 8.75. The summed E-state index contributed by atoms with van der Waals surface area (Å²) in [7, 11) is -3.61. The summed E-state index contributed by atoms with van der Waals surface area (Å²) in [5.41, 5.74) is 1.17. The summed E-state index contributed by atoms with van der Waals surface area (Å²) in [6, 6.07) is 11.6. The highest BCUT2D eigenvalue weighted by Crippen LogP contribution is 2.30. The molecule has 4 rings (SSSR count). The van der Waals surface area contributed by atoms with Gasteiger partial charge in [0.25, 0.3) is 5.91 Å². The van der Waals surface area contributed by atoms with Crippen LogP contribution in [0.1, 0.15) is 28.8 Å². The molecule has 1 aliphatic carbocycles. The van der Waals surface area contributed by atoms with Gasteiger partial charge in [-0.25, -0.2) is 13.1 Å². The Morgan fingerprint density at radius 1 is 1.04 bits per heavy atom. The zero-order valence-electron chi connectivity index (χ0n) is 15.3. The lowest BCUT2D eigenvalue weighted by Crippen LogP contribution is -2.27. The van der Waals surface area contributed by atoms with Crippen molar-refractivity contribution in [3.63, 3.8) is 0 Å². The highest BCUT2D eigenvalue weighted by Gasteiger charge is 2.24. The number of carbonyl (C=O) groups is 1. The van der Waals surface area contributed by atoms with Crippen LogP contribution in [0.4, 0.5) is 0 Å². The quantitative estimate of drug-likeness (QED) is 0.740. The lowest BCUT2D eigenvalue weighted by Gasteiger charge is -2.19. The number of sulfonamides is 1. The topological polar surface area (TPSA) is 93.7 Å². The Morgan fingerprint density at radius 3 is 2.61 bits per heavy atom. The average molecular weight is 402 g/mol. The van der Waals surface area contributed by atoms with Crippen LogP contribution in [-0.2, 0) is 16.6 Å². The predicted octanol–water partition coefficient (Wildman–Crippen LogP) is 2.08. The SMILES string of the molecule is O=C(NCc1ccc2c(c1)OCCO2)c1cccc(S(=O)(=O)NCC2CC2)c1. The molecular weight excluding hydrogens is 380 g/mol. The molecule has 7 nitrogen and oxygen atoms in total. The number of hydrogen-bond acceptors (Lipinski definition) is 5. The molecule has 0 unspecified atom stereocenters. The summed E-state index contributed by atoms with van der Waals surface area (Å²) >= 11 is 0. The van der Waals surface area contributed by atoms with Gasteiger partial charge < -0.3 is 14.8 Å². The van der Waals surface area contributed by atoms with Crippen LogP contribution in [0.25, 0.3) is 0 Å². The molecule has 1 aliphatic heterocycles. The van der Waals surface area contributed by atoms with Gasteiger partial charge in [-0.05, 0) is 54.7 Å². The molecule has 2 aliphatic rings. The van der Waals surface area contributed by atoms with Gasteiger partial charge in [0.15, 0.2) is 11.5 Å². The molecule has 148 valence electrons. The van der Waals surface area contributed by atoms with Crippen molar-refractivity contribution < 1.29 is 22.7 Å². The van der Waals surface area contributed by atoms with Gasteiger partial charge in [0.1, 0.15) is 13.2 Å². The van der Waals surface area contributed by atoms with Crippen molar-refractivity contribution in [3.05, 3.63) is 53.6 Å². The van der Waals surface area contributed by atoms with Gasteiger partial charge in [-0.1, -0.05) is 12.1 Å². The minimum atomic E-state index is -3.61. The first-order valence-corrected chi connectivity index (χ1v) is 10.8. The summed E-state index contributed by atoms with van der Waals surface area (Å²) in [5, 5.41) is 2.81. The van der Waals surface area contributed by atoms with Gasteiger partial charge in [-0.2, -0.15) is 0 Å². The highest BCUT2D eigenvalue weighted by atomic mass is 32.2. The van der Waals surface area contributed by atoms with E-state index in [1.165, 1.54) is 12.1 Å². The number of fused-ring (bicyclic) bond motifs is 1. The number of carbonyl (C=O) groups excluding carboxylic acids is 1. The third-order valence-electron chi connectivity index (χ3n) is 4.73.